The van der Waals surface area contributed by atoms with Crippen LogP contribution < -0.4 is 10.1 Å². The maximum Gasteiger partial charge on any atom is 0.255 e. The van der Waals surface area contributed by atoms with Gasteiger partial charge in [-0.3, -0.25) is 4.79 Å². The third kappa shape index (κ3) is 3.52. The van der Waals surface area contributed by atoms with Crippen LogP contribution in [0.3, 0.4) is 0 Å². The normalized spacial score (nSPS) is 10.9. The molecular weight excluding hydrogens is 362 g/mol. The zero-order valence-electron chi connectivity index (χ0n) is 14.8. The van der Waals surface area contributed by atoms with Crippen molar-refractivity contribution in [2.75, 3.05) is 11.9 Å². The van der Waals surface area contributed by atoms with Gasteiger partial charge < -0.3 is 10.1 Å². The molecule has 1 amide bonds. The van der Waals surface area contributed by atoms with Crippen molar-refractivity contribution in [1.29, 1.82) is 0 Å². The lowest BCUT2D eigenvalue weighted by atomic mass is 10.1. The number of fused-ring (bicyclic) bond motifs is 1. The Morgan fingerprint density at radius 2 is 2.04 bits per heavy atom. The fourth-order valence-electron chi connectivity index (χ4n) is 2.66. The highest BCUT2D eigenvalue weighted by Crippen LogP contribution is 2.27. The van der Waals surface area contributed by atoms with Crippen LogP contribution in [0.2, 0.25) is 0 Å². The number of carbonyl (C=O) groups is 1. The second-order valence-electron chi connectivity index (χ2n) is 5.84. The van der Waals surface area contributed by atoms with E-state index in [1.165, 1.54) is 11.3 Å². The van der Waals surface area contributed by atoms with Crippen LogP contribution in [-0.2, 0) is 0 Å². The van der Waals surface area contributed by atoms with Crippen molar-refractivity contribution in [3.8, 4) is 16.3 Å². The molecule has 2 aromatic heterocycles. The SMILES string of the molecule is CCOc1cccc(C(=O)Nc2cccc(-c3nn4c(C)nnc4s3)c2)c1. The molecule has 0 saturated carbocycles. The highest BCUT2D eigenvalue weighted by molar-refractivity contribution is 7.19. The second-order valence-corrected chi connectivity index (χ2v) is 6.80. The van der Waals surface area contributed by atoms with Crippen LogP contribution in [0.4, 0.5) is 5.69 Å². The van der Waals surface area contributed by atoms with Crippen LogP contribution in [0, 0.1) is 6.92 Å². The maximum absolute atomic E-state index is 12.6. The number of ether oxygens (including phenoxy) is 1. The number of nitrogens with zero attached hydrogens (tertiary/aromatic N) is 4. The Labute approximate surface area is 159 Å². The van der Waals surface area contributed by atoms with Gasteiger partial charge in [-0.15, -0.1) is 10.2 Å². The highest BCUT2D eigenvalue weighted by Gasteiger charge is 2.12. The van der Waals surface area contributed by atoms with Crippen LogP contribution in [-0.4, -0.2) is 32.3 Å². The molecule has 0 atom stereocenters. The molecule has 7 nitrogen and oxygen atoms in total. The molecular formula is C19H17N5O2S. The summed E-state index contributed by atoms with van der Waals surface area (Å²) >= 11 is 1.45. The molecule has 0 spiro atoms. The van der Waals surface area contributed by atoms with Gasteiger partial charge >= 0.3 is 0 Å². The van der Waals surface area contributed by atoms with Gasteiger partial charge in [-0.25, -0.2) is 0 Å². The van der Waals surface area contributed by atoms with Crippen LogP contribution in [0.15, 0.2) is 48.5 Å². The summed E-state index contributed by atoms with van der Waals surface area (Å²) < 4.78 is 7.17. The number of aryl methyl sites for hydroxylation is 1. The molecule has 4 rings (SSSR count). The summed E-state index contributed by atoms with van der Waals surface area (Å²) in [4.78, 5) is 13.3. The van der Waals surface area contributed by atoms with Crippen LogP contribution in [0.25, 0.3) is 15.5 Å². The summed E-state index contributed by atoms with van der Waals surface area (Å²) in [6.07, 6.45) is 0. The fourth-order valence-corrected chi connectivity index (χ4v) is 3.54. The molecule has 0 saturated heterocycles. The Morgan fingerprint density at radius 3 is 2.85 bits per heavy atom. The Bertz CT molecular complexity index is 1120. The van der Waals surface area contributed by atoms with Crippen LogP contribution in [0.1, 0.15) is 23.1 Å². The molecule has 0 fully saturated rings. The number of hydrogen-bond acceptors (Lipinski definition) is 6. The summed E-state index contributed by atoms with van der Waals surface area (Å²) in [5.41, 5.74) is 2.15. The first kappa shape index (κ1) is 17.2. The average molecular weight is 379 g/mol. The van der Waals surface area contributed by atoms with Crippen molar-refractivity contribution in [2.45, 2.75) is 13.8 Å². The van der Waals surface area contributed by atoms with Gasteiger partial charge in [0, 0.05) is 16.8 Å². The molecule has 4 aromatic rings. The molecule has 2 heterocycles. The topological polar surface area (TPSA) is 81.4 Å². The van der Waals surface area contributed by atoms with Gasteiger partial charge in [0.25, 0.3) is 5.91 Å². The third-order valence-electron chi connectivity index (χ3n) is 3.92. The Morgan fingerprint density at radius 1 is 1.19 bits per heavy atom. The Hall–Kier alpha value is -3.26. The Balaban J connectivity index is 1.57. The minimum atomic E-state index is -0.192. The first-order valence-electron chi connectivity index (χ1n) is 8.47. The maximum atomic E-state index is 12.6. The highest BCUT2D eigenvalue weighted by atomic mass is 32.1. The van der Waals surface area contributed by atoms with Gasteiger partial charge in [0.2, 0.25) is 4.96 Å². The number of hydrogen-bond donors (Lipinski definition) is 1. The van der Waals surface area contributed by atoms with Gasteiger partial charge in [0.05, 0.1) is 6.61 Å². The minimum absolute atomic E-state index is 0.192. The van der Waals surface area contributed by atoms with Gasteiger partial charge in [-0.05, 0) is 44.2 Å². The van der Waals surface area contributed by atoms with E-state index in [2.05, 4.69) is 20.6 Å². The fraction of sp³-hybridized carbons (Fsp3) is 0.158. The van der Waals surface area contributed by atoms with E-state index in [0.29, 0.717) is 23.6 Å². The van der Waals surface area contributed by atoms with Gasteiger partial charge in [-0.2, -0.15) is 9.61 Å². The zero-order chi connectivity index (χ0) is 18.8. The Kier molecular flexibility index (Phi) is 4.55. The summed E-state index contributed by atoms with van der Waals surface area (Å²) in [5, 5.41) is 16.4. The molecule has 0 aliphatic heterocycles. The van der Waals surface area contributed by atoms with Crippen LogP contribution in [0.5, 0.6) is 5.75 Å². The van der Waals surface area contributed by atoms with Crippen molar-refractivity contribution in [3.63, 3.8) is 0 Å². The predicted molar refractivity (Wildman–Crippen MR) is 104 cm³/mol. The molecule has 136 valence electrons. The molecule has 0 radical (unpaired) electrons. The summed E-state index contributed by atoms with van der Waals surface area (Å²) in [6, 6.07) is 14.7. The van der Waals surface area contributed by atoms with Crippen LogP contribution >= 0.6 is 11.3 Å². The molecule has 0 unspecified atom stereocenters. The summed E-state index contributed by atoms with van der Waals surface area (Å²) in [6.45, 7) is 4.32. The molecule has 27 heavy (non-hydrogen) atoms. The average Bonchev–Trinajstić information content (AvgIpc) is 3.25. The van der Waals surface area contributed by atoms with Crippen molar-refractivity contribution < 1.29 is 9.53 Å². The van der Waals surface area contributed by atoms with E-state index in [9.17, 15) is 4.79 Å². The lowest BCUT2D eigenvalue weighted by Gasteiger charge is -2.08. The molecule has 0 aliphatic carbocycles. The number of rotatable bonds is 5. The number of benzene rings is 2. The van der Waals surface area contributed by atoms with E-state index >= 15 is 0 Å². The minimum Gasteiger partial charge on any atom is -0.494 e. The number of carbonyl (C=O) groups excluding carboxylic acids is 1. The lowest BCUT2D eigenvalue weighted by Crippen LogP contribution is -2.12. The first-order valence-corrected chi connectivity index (χ1v) is 9.29. The van der Waals surface area contributed by atoms with E-state index < -0.39 is 0 Å². The van der Waals surface area contributed by atoms with Gasteiger partial charge in [0.15, 0.2) is 5.82 Å². The number of amides is 1. The van der Waals surface area contributed by atoms with E-state index in [-0.39, 0.29) is 5.91 Å². The smallest absolute Gasteiger partial charge is 0.255 e. The molecule has 8 heteroatoms. The predicted octanol–water partition coefficient (Wildman–Crippen LogP) is 3.81. The van der Waals surface area contributed by atoms with Crippen molar-refractivity contribution in [3.05, 3.63) is 59.9 Å². The monoisotopic (exact) mass is 379 g/mol. The number of anilines is 1. The third-order valence-corrected chi connectivity index (χ3v) is 4.87. The number of nitrogens with one attached hydrogen (secondary N) is 1. The van der Waals surface area contributed by atoms with Gasteiger partial charge in [0.1, 0.15) is 10.8 Å². The van der Waals surface area contributed by atoms with E-state index in [1.807, 2.05) is 44.2 Å². The molecule has 2 aromatic carbocycles. The largest absolute Gasteiger partial charge is 0.494 e. The zero-order valence-corrected chi connectivity index (χ0v) is 15.7. The van der Waals surface area contributed by atoms with Crippen molar-refractivity contribution in [2.24, 2.45) is 0 Å². The van der Waals surface area contributed by atoms with Crippen molar-refractivity contribution >= 4 is 27.9 Å². The number of aromatic nitrogens is 4. The van der Waals surface area contributed by atoms with E-state index in [0.717, 1.165) is 21.4 Å². The standard InChI is InChI=1S/C19H17N5O2S/c1-3-26-16-9-5-6-13(11-16)17(25)20-15-8-4-7-14(10-15)18-23-24-12(2)21-22-19(24)27-18/h4-11H,3H2,1-2H3,(H,20,25). The summed E-state index contributed by atoms with van der Waals surface area (Å²) in [5.74, 6) is 1.22. The first-order chi connectivity index (χ1) is 13.1. The van der Waals surface area contributed by atoms with E-state index in [4.69, 9.17) is 4.74 Å². The lowest BCUT2D eigenvalue weighted by molar-refractivity contribution is 0.102. The van der Waals surface area contributed by atoms with Crippen molar-refractivity contribution in [1.82, 2.24) is 19.8 Å². The van der Waals surface area contributed by atoms with Gasteiger partial charge in [-0.1, -0.05) is 29.5 Å². The molecule has 0 bridgehead atoms. The summed E-state index contributed by atoms with van der Waals surface area (Å²) in [7, 11) is 0. The molecule has 0 aliphatic rings. The second kappa shape index (κ2) is 7.16. The molecule has 1 N–H and O–H groups in total. The van der Waals surface area contributed by atoms with E-state index in [1.54, 1.807) is 22.7 Å². The quantitative estimate of drug-likeness (QED) is 0.570.